The molecule has 0 atom stereocenters. The number of hydrogen-bond acceptors (Lipinski definition) is 4. The number of hydrogen-bond donors (Lipinski definition) is 0. The second-order valence-corrected chi connectivity index (χ2v) is 6.89. The average molecular weight is 319 g/mol. The minimum absolute atomic E-state index is 0.00742. The summed E-state index contributed by atoms with van der Waals surface area (Å²) < 4.78 is 55.1. The zero-order valence-corrected chi connectivity index (χ0v) is 12.2. The van der Waals surface area contributed by atoms with Gasteiger partial charge in [-0.15, -0.1) is 0 Å². The van der Waals surface area contributed by atoms with Crippen molar-refractivity contribution in [2.45, 2.75) is 10.8 Å². The molecule has 1 aromatic carbocycles. The molecule has 0 aromatic heterocycles. The maximum Gasteiger partial charge on any atom is 0.288 e. The smallest absolute Gasteiger partial charge is 0.288 e. The fourth-order valence-electron chi connectivity index (χ4n) is 2.11. The normalized spacial score (nSPS) is 19.1. The number of nitrogens with zero attached hydrogens (tertiary/aromatic N) is 1. The number of rotatable bonds is 2. The van der Waals surface area contributed by atoms with E-state index in [-0.39, 0.29) is 23.6 Å². The highest BCUT2D eigenvalue weighted by Crippen LogP contribution is 2.22. The van der Waals surface area contributed by atoms with Crippen molar-refractivity contribution in [2.75, 3.05) is 32.6 Å². The van der Waals surface area contributed by atoms with Crippen molar-refractivity contribution in [3.8, 4) is 0 Å². The quantitative estimate of drug-likeness (QED) is 0.822. The van der Waals surface area contributed by atoms with Gasteiger partial charge in [0.25, 0.3) is 11.8 Å². The summed E-state index contributed by atoms with van der Waals surface area (Å²) in [6.45, 7) is -1.55. The van der Waals surface area contributed by atoms with E-state index in [0.29, 0.717) is 0 Å². The summed E-state index contributed by atoms with van der Waals surface area (Å²) in [6.07, 6.45) is 0.971. The molecule has 1 saturated heterocycles. The van der Waals surface area contributed by atoms with Crippen LogP contribution in [0.5, 0.6) is 0 Å². The van der Waals surface area contributed by atoms with Crippen LogP contribution in [0.2, 0.25) is 0 Å². The lowest BCUT2D eigenvalue weighted by molar-refractivity contribution is -0.0661. The lowest BCUT2D eigenvalue weighted by atomic mass is 10.2. The van der Waals surface area contributed by atoms with Crippen molar-refractivity contribution in [3.05, 3.63) is 29.8 Å². The van der Waals surface area contributed by atoms with Gasteiger partial charge >= 0.3 is 0 Å². The highest BCUT2D eigenvalue weighted by molar-refractivity contribution is 7.90. The van der Waals surface area contributed by atoms with Gasteiger partial charge in [-0.1, -0.05) is 12.1 Å². The van der Waals surface area contributed by atoms with E-state index in [1.807, 2.05) is 0 Å². The molecule has 2 rings (SSSR count). The summed E-state index contributed by atoms with van der Waals surface area (Å²) >= 11 is 0. The standard InChI is InChI=1S/C13H15F2NO4S/c1-21(18,19)11-5-3-2-4-10(11)12(17)16-6-7-20-9-13(14,15)8-16/h2-5H,6-9H2,1H3. The van der Waals surface area contributed by atoms with E-state index in [1.54, 1.807) is 0 Å². The van der Waals surface area contributed by atoms with Crippen LogP contribution >= 0.6 is 0 Å². The monoisotopic (exact) mass is 319 g/mol. The second kappa shape index (κ2) is 5.69. The van der Waals surface area contributed by atoms with Crippen LogP contribution in [0.25, 0.3) is 0 Å². The Morgan fingerprint density at radius 2 is 2.00 bits per heavy atom. The molecule has 0 bridgehead atoms. The van der Waals surface area contributed by atoms with Gasteiger partial charge < -0.3 is 9.64 Å². The minimum atomic E-state index is -3.62. The molecule has 1 heterocycles. The van der Waals surface area contributed by atoms with Gasteiger partial charge in [-0.2, -0.15) is 0 Å². The maximum absolute atomic E-state index is 13.5. The molecule has 0 spiro atoms. The van der Waals surface area contributed by atoms with Crippen LogP contribution in [0.1, 0.15) is 10.4 Å². The van der Waals surface area contributed by atoms with Gasteiger partial charge in [-0.05, 0) is 12.1 Å². The summed E-state index contributed by atoms with van der Waals surface area (Å²) in [5.41, 5.74) is -0.0994. The van der Waals surface area contributed by atoms with Gasteiger partial charge in [0.05, 0.1) is 23.6 Å². The highest BCUT2D eigenvalue weighted by Gasteiger charge is 2.37. The number of sulfone groups is 1. The molecule has 21 heavy (non-hydrogen) atoms. The molecule has 0 saturated carbocycles. The number of amides is 1. The average Bonchev–Trinajstić information content (AvgIpc) is 2.58. The Morgan fingerprint density at radius 1 is 1.33 bits per heavy atom. The number of benzene rings is 1. The SMILES string of the molecule is CS(=O)(=O)c1ccccc1C(=O)N1CCOCC(F)(F)C1. The van der Waals surface area contributed by atoms with Gasteiger partial charge in [-0.3, -0.25) is 4.79 Å². The van der Waals surface area contributed by atoms with Crippen molar-refractivity contribution < 1.29 is 26.7 Å². The van der Waals surface area contributed by atoms with Crippen molar-refractivity contribution in [1.29, 1.82) is 0 Å². The minimum Gasteiger partial charge on any atom is -0.373 e. The molecule has 5 nitrogen and oxygen atoms in total. The zero-order valence-electron chi connectivity index (χ0n) is 11.4. The number of carbonyl (C=O) groups excluding carboxylic acids is 1. The summed E-state index contributed by atoms with van der Waals surface area (Å²) in [5, 5.41) is 0. The van der Waals surface area contributed by atoms with E-state index in [1.165, 1.54) is 24.3 Å². The van der Waals surface area contributed by atoms with Gasteiger partial charge in [0.2, 0.25) is 0 Å². The number of alkyl halides is 2. The Kier molecular flexibility index (Phi) is 4.29. The van der Waals surface area contributed by atoms with Crippen LogP contribution in [0.4, 0.5) is 8.78 Å². The third kappa shape index (κ3) is 3.76. The van der Waals surface area contributed by atoms with Crippen LogP contribution in [0.15, 0.2) is 29.2 Å². The fraction of sp³-hybridized carbons (Fsp3) is 0.462. The largest absolute Gasteiger partial charge is 0.373 e. The number of halogens is 2. The Morgan fingerprint density at radius 3 is 2.67 bits per heavy atom. The van der Waals surface area contributed by atoms with Crippen LogP contribution in [0, 0.1) is 0 Å². The van der Waals surface area contributed by atoms with Crippen molar-refractivity contribution in [2.24, 2.45) is 0 Å². The maximum atomic E-state index is 13.5. The van der Waals surface area contributed by atoms with Crippen LogP contribution in [-0.2, 0) is 14.6 Å². The van der Waals surface area contributed by atoms with E-state index in [0.717, 1.165) is 11.2 Å². The lowest BCUT2D eigenvalue weighted by Crippen LogP contribution is -2.41. The molecule has 0 N–H and O–H groups in total. The molecule has 1 amide bonds. The summed E-state index contributed by atoms with van der Waals surface area (Å²) in [7, 11) is -3.62. The summed E-state index contributed by atoms with van der Waals surface area (Å²) in [5.74, 6) is -3.88. The second-order valence-electron chi connectivity index (χ2n) is 4.90. The van der Waals surface area contributed by atoms with Crippen LogP contribution in [-0.4, -0.2) is 57.7 Å². The molecule has 0 unspecified atom stereocenters. The number of ether oxygens (including phenoxy) is 1. The van der Waals surface area contributed by atoms with Gasteiger partial charge in [0.1, 0.15) is 6.61 Å². The Labute approximate surface area is 121 Å². The molecule has 1 aliphatic heterocycles. The fourth-order valence-corrected chi connectivity index (χ4v) is 2.99. The molecule has 1 aliphatic rings. The van der Waals surface area contributed by atoms with Gasteiger partial charge in [-0.25, -0.2) is 17.2 Å². The number of carbonyl (C=O) groups is 1. The first-order valence-corrected chi connectivity index (χ1v) is 8.14. The molecular formula is C13H15F2NO4S. The summed E-state index contributed by atoms with van der Waals surface area (Å²) in [6, 6.07) is 5.58. The highest BCUT2D eigenvalue weighted by atomic mass is 32.2. The molecule has 8 heteroatoms. The Hall–Kier alpha value is -1.54. The summed E-state index contributed by atoms with van der Waals surface area (Å²) in [4.78, 5) is 13.1. The van der Waals surface area contributed by atoms with Crippen LogP contribution < -0.4 is 0 Å². The third-order valence-corrected chi connectivity index (χ3v) is 4.20. The molecular weight excluding hydrogens is 304 g/mol. The predicted octanol–water partition coefficient (Wildman–Crippen LogP) is 1.20. The van der Waals surface area contributed by atoms with Gasteiger partial charge in [0.15, 0.2) is 9.84 Å². The van der Waals surface area contributed by atoms with E-state index >= 15 is 0 Å². The topological polar surface area (TPSA) is 63.7 Å². The third-order valence-electron chi connectivity index (χ3n) is 3.05. The van der Waals surface area contributed by atoms with E-state index < -0.39 is 34.8 Å². The molecule has 1 aromatic rings. The van der Waals surface area contributed by atoms with E-state index in [2.05, 4.69) is 0 Å². The van der Waals surface area contributed by atoms with Crippen molar-refractivity contribution in [1.82, 2.24) is 4.90 Å². The van der Waals surface area contributed by atoms with E-state index in [9.17, 15) is 22.0 Å². The molecule has 116 valence electrons. The first-order valence-electron chi connectivity index (χ1n) is 6.25. The van der Waals surface area contributed by atoms with Gasteiger partial charge in [0, 0.05) is 12.8 Å². The Balaban J connectivity index is 2.36. The van der Waals surface area contributed by atoms with Crippen LogP contribution in [0.3, 0.4) is 0 Å². The molecule has 0 radical (unpaired) electrons. The zero-order chi connectivity index (χ0) is 15.7. The molecule has 0 aliphatic carbocycles. The first kappa shape index (κ1) is 15.8. The lowest BCUT2D eigenvalue weighted by Gasteiger charge is -2.24. The molecule has 1 fully saturated rings. The predicted molar refractivity (Wildman–Crippen MR) is 71.2 cm³/mol. The first-order chi connectivity index (χ1) is 9.71. The van der Waals surface area contributed by atoms with Crippen molar-refractivity contribution >= 4 is 15.7 Å². The Bertz CT molecular complexity index is 645. The van der Waals surface area contributed by atoms with E-state index in [4.69, 9.17) is 4.74 Å². The van der Waals surface area contributed by atoms with Crippen molar-refractivity contribution in [3.63, 3.8) is 0 Å².